The maximum atomic E-state index is 13.1. The van der Waals surface area contributed by atoms with Crippen LogP contribution in [-0.2, 0) is 11.3 Å². The molecule has 2 nitrogen and oxygen atoms in total. The van der Waals surface area contributed by atoms with Crippen molar-refractivity contribution >= 4 is 38.9 Å². The number of hydrogen-bond donors (Lipinski definition) is 1. The number of nitrogens with one attached hydrogen (secondary N) is 1. The molecule has 0 bridgehead atoms. The summed E-state index contributed by atoms with van der Waals surface area (Å²) in [5.74, 6) is -0.551. The van der Waals surface area contributed by atoms with Crippen LogP contribution in [-0.4, -0.2) is 11.8 Å². The molecular formula is C11H9ClFNOS. The molecule has 0 radical (unpaired) electrons. The van der Waals surface area contributed by atoms with Gasteiger partial charge in [-0.15, -0.1) is 22.9 Å². The first-order valence-corrected chi connectivity index (χ1v) is 6.10. The van der Waals surface area contributed by atoms with Crippen LogP contribution in [0.3, 0.4) is 0 Å². The lowest BCUT2D eigenvalue weighted by atomic mass is 10.2. The number of carbonyl (C=O) groups is 1. The lowest BCUT2D eigenvalue weighted by molar-refractivity contribution is -0.118. The normalized spacial score (nSPS) is 10.6. The maximum absolute atomic E-state index is 13.1. The monoisotopic (exact) mass is 257 g/mol. The number of halogens is 2. The van der Waals surface area contributed by atoms with Gasteiger partial charge in [0.25, 0.3) is 0 Å². The molecule has 1 heterocycles. The van der Waals surface area contributed by atoms with Crippen molar-refractivity contribution in [3.05, 3.63) is 35.0 Å². The zero-order valence-corrected chi connectivity index (χ0v) is 9.87. The van der Waals surface area contributed by atoms with E-state index in [9.17, 15) is 9.18 Å². The van der Waals surface area contributed by atoms with Gasteiger partial charge in [-0.3, -0.25) is 4.79 Å². The number of amides is 1. The molecule has 0 aliphatic carbocycles. The molecule has 0 aliphatic rings. The fraction of sp³-hybridized carbons (Fsp3) is 0.182. The number of thiophene rings is 1. The average Bonchev–Trinajstić information content (AvgIpc) is 2.68. The third-order valence-corrected chi connectivity index (χ3v) is 3.47. The fourth-order valence-corrected chi connectivity index (χ4v) is 2.47. The van der Waals surface area contributed by atoms with E-state index in [-0.39, 0.29) is 17.6 Å². The van der Waals surface area contributed by atoms with Crippen LogP contribution < -0.4 is 5.32 Å². The maximum Gasteiger partial charge on any atom is 0.235 e. The molecule has 2 rings (SSSR count). The van der Waals surface area contributed by atoms with E-state index < -0.39 is 0 Å². The minimum absolute atomic E-state index is 0.0591. The van der Waals surface area contributed by atoms with Gasteiger partial charge in [0.1, 0.15) is 11.7 Å². The van der Waals surface area contributed by atoms with Crippen molar-refractivity contribution in [1.29, 1.82) is 0 Å². The highest BCUT2D eigenvalue weighted by molar-refractivity contribution is 7.17. The number of fused-ring (bicyclic) bond motifs is 1. The smallest absolute Gasteiger partial charge is 0.235 e. The van der Waals surface area contributed by atoms with E-state index in [1.54, 1.807) is 6.07 Å². The Hall–Kier alpha value is -1.13. The second-order valence-electron chi connectivity index (χ2n) is 3.31. The highest BCUT2D eigenvalue weighted by atomic mass is 35.5. The van der Waals surface area contributed by atoms with E-state index in [1.807, 2.05) is 5.38 Å². The topological polar surface area (TPSA) is 29.1 Å². The molecule has 5 heteroatoms. The van der Waals surface area contributed by atoms with Gasteiger partial charge in [-0.05, 0) is 29.1 Å². The Kier molecular flexibility index (Phi) is 3.41. The summed E-state index contributed by atoms with van der Waals surface area (Å²) < 4.78 is 14.1. The summed E-state index contributed by atoms with van der Waals surface area (Å²) in [6, 6.07) is 4.65. The van der Waals surface area contributed by atoms with Gasteiger partial charge in [0.2, 0.25) is 5.91 Å². The Morgan fingerprint density at radius 1 is 1.50 bits per heavy atom. The largest absolute Gasteiger partial charge is 0.351 e. The second-order valence-corrected chi connectivity index (χ2v) is 4.49. The average molecular weight is 258 g/mol. The molecule has 1 N–H and O–H groups in total. The highest BCUT2D eigenvalue weighted by Gasteiger charge is 2.06. The molecule has 0 unspecified atom stereocenters. The van der Waals surface area contributed by atoms with Crippen LogP contribution in [0.15, 0.2) is 23.6 Å². The minimum atomic E-state index is -0.268. The van der Waals surface area contributed by atoms with Crippen molar-refractivity contribution < 1.29 is 9.18 Å². The molecule has 0 saturated carbocycles. The number of rotatable bonds is 3. The lowest BCUT2D eigenvalue weighted by Gasteiger charge is -2.01. The van der Waals surface area contributed by atoms with Crippen molar-refractivity contribution in [1.82, 2.24) is 5.32 Å². The predicted molar refractivity (Wildman–Crippen MR) is 64.3 cm³/mol. The Morgan fingerprint density at radius 2 is 2.31 bits per heavy atom. The van der Waals surface area contributed by atoms with Crippen LogP contribution in [0.4, 0.5) is 4.39 Å². The number of benzene rings is 1. The molecule has 0 spiro atoms. The number of hydrogen-bond acceptors (Lipinski definition) is 2. The molecule has 0 fully saturated rings. The molecule has 2 aromatic rings. The first-order valence-electron chi connectivity index (χ1n) is 4.69. The van der Waals surface area contributed by atoms with Crippen LogP contribution in [0.25, 0.3) is 10.1 Å². The van der Waals surface area contributed by atoms with Crippen LogP contribution in [0.2, 0.25) is 0 Å². The highest BCUT2D eigenvalue weighted by Crippen LogP contribution is 2.26. The van der Waals surface area contributed by atoms with Crippen LogP contribution >= 0.6 is 22.9 Å². The molecule has 1 aromatic heterocycles. The summed E-state index contributed by atoms with van der Waals surface area (Å²) in [6.07, 6.45) is 0. The van der Waals surface area contributed by atoms with Gasteiger partial charge in [-0.2, -0.15) is 0 Å². The Labute approximate surface area is 101 Å². The zero-order chi connectivity index (χ0) is 11.5. The molecule has 0 aliphatic heterocycles. The third-order valence-electron chi connectivity index (χ3n) is 2.21. The summed E-state index contributed by atoms with van der Waals surface area (Å²) in [5.41, 5.74) is 0.915. The standard InChI is InChI=1S/C11H9ClFNOS/c12-4-11(15)14-5-7-6-16-10-2-1-8(13)3-9(7)10/h1-3,6H,4-5H2,(H,14,15). The van der Waals surface area contributed by atoms with E-state index >= 15 is 0 Å². The molecule has 16 heavy (non-hydrogen) atoms. The first-order chi connectivity index (χ1) is 7.70. The van der Waals surface area contributed by atoms with E-state index in [2.05, 4.69) is 5.32 Å². The molecule has 1 amide bonds. The van der Waals surface area contributed by atoms with Crippen molar-refractivity contribution in [3.63, 3.8) is 0 Å². The molecule has 84 valence electrons. The SMILES string of the molecule is O=C(CCl)NCc1csc2ccc(F)cc12. The van der Waals surface area contributed by atoms with Gasteiger partial charge in [-0.1, -0.05) is 0 Å². The summed E-state index contributed by atoms with van der Waals surface area (Å²) >= 11 is 6.90. The zero-order valence-electron chi connectivity index (χ0n) is 8.30. The van der Waals surface area contributed by atoms with Gasteiger partial charge in [0, 0.05) is 16.6 Å². The van der Waals surface area contributed by atoms with E-state index in [0.29, 0.717) is 6.54 Å². The van der Waals surface area contributed by atoms with Crippen molar-refractivity contribution in [2.24, 2.45) is 0 Å². The first kappa shape index (κ1) is 11.4. The van der Waals surface area contributed by atoms with E-state index in [0.717, 1.165) is 15.6 Å². The molecule has 0 atom stereocenters. The molecule has 0 saturated heterocycles. The quantitative estimate of drug-likeness (QED) is 0.842. The number of alkyl halides is 1. The summed E-state index contributed by atoms with van der Waals surface area (Å²) in [5, 5.41) is 5.42. The van der Waals surface area contributed by atoms with E-state index in [1.165, 1.54) is 23.5 Å². The molecular weight excluding hydrogens is 249 g/mol. The Balaban J connectivity index is 2.24. The lowest BCUT2D eigenvalue weighted by Crippen LogP contribution is -2.23. The summed E-state index contributed by atoms with van der Waals surface area (Å²) in [6.45, 7) is 0.384. The van der Waals surface area contributed by atoms with Gasteiger partial charge in [0.15, 0.2) is 0 Å². The summed E-state index contributed by atoms with van der Waals surface area (Å²) in [7, 11) is 0. The van der Waals surface area contributed by atoms with Crippen molar-refractivity contribution in [3.8, 4) is 0 Å². The van der Waals surface area contributed by atoms with E-state index in [4.69, 9.17) is 11.6 Å². The van der Waals surface area contributed by atoms with Crippen LogP contribution in [0.1, 0.15) is 5.56 Å². The Bertz CT molecular complexity index is 526. The van der Waals surface area contributed by atoms with Gasteiger partial charge in [-0.25, -0.2) is 4.39 Å². The fourth-order valence-electron chi connectivity index (χ4n) is 1.43. The molecule has 1 aromatic carbocycles. The Morgan fingerprint density at radius 3 is 3.06 bits per heavy atom. The van der Waals surface area contributed by atoms with Crippen LogP contribution in [0.5, 0.6) is 0 Å². The van der Waals surface area contributed by atoms with Crippen molar-refractivity contribution in [2.75, 3.05) is 5.88 Å². The predicted octanol–water partition coefficient (Wildman–Crippen LogP) is 2.90. The van der Waals surface area contributed by atoms with Crippen LogP contribution in [0, 0.1) is 5.82 Å². The third kappa shape index (κ3) is 2.33. The number of carbonyl (C=O) groups excluding carboxylic acids is 1. The van der Waals surface area contributed by atoms with Gasteiger partial charge >= 0.3 is 0 Å². The summed E-state index contributed by atoms with van der Waals surface area (Å²) in [4.78, 5) is 11.0. The van der Waals surface area contributed by atoms with Gasteiger partial charge < -0.3 is 5.32 Å². The van der Waals surface area contributed by atoms with Crippen molar-refractivity contribution in [2.45, 2.75) is 6.54 Å². The minimum Gasteiger partial charge on any atom is -0.351 e. The van der Waals surface area contributed by atoms with Gasteiger partial charge in [0.05, 0.1) is 0 Å². The second kappa shape index (κ2) is 4.80.